The first-order valence-electron chi connectivity index (χ1n) is 5.94. The molecular formula is C12H21N3O. The van der Waals surface area contributed by atoms with Crippen LogP contribution in [0.4, 0.5) is 0 Å². The van der Waals surface area contributed by atoms with Gasteiger partial charge in [0.05, 0.1) is 12.1 Å². The van der Waals surface area contributed by atoms with Gasteiger partial charge < -0.3 is 15.3 Å². The van der Waals surface area contributed by atoms with Crippen molar-refractivity contribution in [3.63, 3.8) is 0 Å². The molecule has 0 aliphatic carbocycles. The van der Waals surface area contributed by atoms with Crippen molar-refractivity contribution in [1.29, 1.82) is 0 Å². The molecule has 2 rings (SSSR count). The predicted molar refractivity (Wildman–Crippen MR) is 65.1 cm³/mol. The normalized spacial score (nSPS) is 29.0. The Balaban J connectivity index is 1.76. The van der Waals surface area contributed by atoms with Gasteiger partial charge in [0.1, 0.15) is 0 Å². The number of piperazine rings is 1. The molecule has 0 radical (unpaired) electrons. The largest absolute Gasteiger partial charge is 0.389 e. The van der Waals surface area contributed by atoms with Gasteiger partial charge >= 0.3 is 0 Å². The predicted octanol–water partition coefficient (Wildman–Crippen LogP) is -0.364. The molecule has 1 fully saturated rings. The fourth-order valence-corrected chi connectivity index (χ4v) is 2.11. The van der Waals surface area contributed by atoms with Crippen LogP contribution >= 0.6 is 0 Å². The molecule has 0 aromatic carbocycles. The second-order valence-electron chi connectivity index (χ2n) is 4.61. The molecule has 4 heteroatoms. The topological polar surface area (TPSA) is 38.7 Å². The minimum atomic E-state index is -0.329. The highest BCUT2D eigenvalue weighted by Gasteiger charge is 2.21. The molecule has 2 atom stereocenters. The number of nitrogens with zero attached hydrogens (tertiary/aromatic N) is 2. The lowest BCUT2D eigenvalue weighted by Crippen LogP contribution is -2.50. The fraction of sp³-hybridized carbons (Fsp3) is 0.667. The number of likely N-dealkylation sites (N-methyl/N-ethyl adjacent to an activating group) is 1. The van der Waals surface area contributed by atoms with E-state index in [0.29, 0.717) is 0 Å². The van der Waals surface area contributed by atoms with Gasteiger partial charge in [0.25, 0.3) is 0 Å². The molecule has 0 aromatic heterocycles. The van der Waals surface area contributed by atoms with E-state index in [2.05, 4.69) is 22.2 Å². The monoisotopic (exact) mass is 223 g/mol. The van der Waals surface area contributed by atoms with E-state index in [4.69, 9.17) is 0 Å². The smallest absolute Gasteiger partial charge is 0.0903 e. The van der Waals surface area contributed by atoms with E-state index < -0.39 is 0 Å². The maximum atomic E-state index is 10.1. The van der Waals surface area contributed by atoms with Gasteiger partial charge in [-0.05, 0) is 19.3 Å². The molecular weight excluding hydrogens is 202 g/mol. The van der Waals surface area contributed by atoms with Crippen LogP contribution in [0.2, 0.25) is 0 Å². The number of rotatable bonds is 3. The van der Waals surface area contributed by atoms with Crippen molar-refractivity contribution < 1.29 is 5.11 Å². The van der Waals surface area contributed by atoms with Crippen LogP contribution in [0, 0.1) is 0 Å². The van der Waals surface area contributed by atoms with Crippen LogP contribution < -0.4 is 5.32 Å². The van der Waals surface area contributed by atoms with Crippen LogP contribution in [0.5, 0.6) is 0 Å². The first kappa shape index (κ1) is 11.6. The summed E-state index contributed by atoms with van der Waals surface area (Å²) in [7, 11) is 2.14. The number of allylic oxidation sites excluding steroid dienone is 2. The van der Waals surface area contributed by atoms with Gasteiger partial charge in [0.15, 0.2) is 0 Å². The van der Waals surface area contributed by atoms with Crippen molar-refractivity contribution in [2.24, 2.45) is 0 Å². The van der Waals surface area contributed by atoms with Gasteiger partial charge in [0.2, 0.25) is 0 Å². The van der Waals surface area contributed by atoms with E-state index in [1.807, 2.05) is 24.4 Å². The number of β-amino-alcohol motifs (C(OH)–C–C–N with tert-alkyl or cyclic N) is 1. The Kier molecular flexibility index (Phi) is 3.98. The molecule has 2 heterocycles. The van der Waals surface area contributed by atoms with E-state index in [1.165, 1.54) is 0 Å². The third-order valence-electron chi connectivity index (χ3n) is 3.27. The van der Waals surface area contributed by atoms with Crippen molar-refractivity contribution in [3.05, 3.63) is 24.4 Å². The van der Waals surface area contributed by atoms with Gasteiger partial charge in [-0.15, -0.1) is 0 Å². The van der Waals surface area contributed by atoms with Crippen LogP contribution in [-0.2, 0) is 0 Å². The molecule has 2 N–H and O–H groups in total. The van der Waals surface area contributed by atoms with E-state index >= 15 is 0 Å². The lowest BCUT2D eigenvalue weighted by atomic mass is 10.1. The fourth-order valence-electron chi connectivity index (χ4n) is 2.11. The first-order valence-corrected chi connectivity index (χ1v) is 5.94. The molecule has 4 nitrogen and oxygen atoms in total. The highest BCUT2D eigenvalue weighted by atomic mass is 16.3. The minimum absolute atomic E-state index is 0.0599. The summed E-state index contributed by atoms with van der Waals surface area (Å²) >= 11 is 0. The summed E-state index contributed by atoms with van der Waals surface area (Å²) in [5.41, 5.74) is 0. The Morgan fingerprint density at radius 3 is 2.69 bits per heavy atom. The lowest BCUT2D eigenvalue weighted by molar-refractivity contribution is 0.0695. The number of hydrogen-bond donors (Lipinski definition) is 2. The third kappa shape index (κ3) is 3.07. The zero-order chi connectivity index (χ0) is 11.4. The van der Waals surface area contributed by atoms with Crippen LogP contribution in [0.25, 0.3) is 0 Å². The van der Waals surface area contributed by atoms with Crippen molar-refractivity contribution >= 4 is 0 Å². The SMILES string of the molecule is CN1CCN(CC(O)C2C=CC=CN2)CC1. The summed E-state index contributed by atoms with van der Waals surface area (Å²) in [6, 6.07) is 0.0599. The third-order valence-corrected chi connectivity index (χ3v) is 3.27. The highest BCUT2D eigenvalue weighted by molar-refractivity contribution is 5.13. The Bertz CT molecular complexity index is 269. The van der Waals surface area contributed by atoms with Gasteiger partial charge in [-0.25, -0.2) is 0 Å². The van der Waals surface area contributed by atoms with Gasteiger partial charge in [-0.1, -0.05) is 12.2 Å². The summed E-state index contributed by atoms with van der Waals surface area (Å²) in [5, 5.41) is 13.3. The molecule has 16 heavy (non-hydrogen) atoms. The zero-order valence-electron chi connectivity index (χ0n) is 9.84. The molecule has 90 valence electrons. The molecule has 2 unspecified atom stereocenters. The van der Waals surface area contributed by atoms with Crippen LogP contribution in [0.3, 0.4) is 0 Å². The number of hydrogen-bond acceptors (Lipinski definition) is 4. The molecule has 0 saturated carbocycles. The van der Waals surface area contributed by atoms with Crippen molar-refractivity contribution in [3.8, 4) is 0 Å². The van der Waals surface area contributed by atoms with Crippen LogP contribution in [0.15, 0.2) is 24.4 Å². The molecule has 0 amide bonds. The van der Waals surface area contributed by atoms with Gasteiger partial charge in [-0.2, -0.15) is 0 Å². The van der Waals surface area contributed by atoms with Crippen molar-refractivity contribution in [2.45, 2.75) is 12.1 Å². The summed E-state index contributed by atoms with van der Waals surface area (Å²) in [4.78, 5) is 4.66. The molecule has 2 aliphatic rings. The first-order chi connectivity index (χ1) is 7.75. The van der Waals surface area contributed by atoms with Crippen LogP contribution in [-0.4, -0.2) is 66.8 Å². The van der Waals surface area contributed by atoms with E-state index in [0.717, 1.165) is 32.7 Å². The molecule has 1 saturated heterocycles. The van der Waals surface area contributed by atoms with E-state index in [9.17, 15) is 5.11 Å². The summed E-state index contributed by atoms with van der Waals surface area (Å²) < 4.78 is 0. The standard InChI is InChI=1S/C12H21N3O/c1-14-6-8-15(9-7-14)10-12(16)11-4-2-3-5-13-11/h2-5,11-13,16H,6-10H2,1H3. The molecule has 2 aliphatic heterocycles. The number of aliphatic hydroxyl groups excluding tert-OH is 1. The van der Waals surface area contributed by atoms with Crippen molar-refractivity contribution in [2.75, 3.05) is 39.8 Å². The Morgan fingerprint density at radius 1 is 1.31 bits per heavy atom. The maximum absolute atomic E-state index is 10.1. The summed E-state index contributed by atoms with van der Waals surface area (Å²) in [6.07, 6.45) is 7.50. The average molecular weight is 223 g/mol. The molecule has 0 spiro atoms. The molecule has 0 bridgehead atoms. The second-order valence-corrected chi connectivity index (χ2v) is 4.61. The number of aliphatic hydroxyl groups is 1. The minimum Gasteiger partial charge on any atom is -0.389 e. The van der Waals surface area contributed by atoms with Gasteiger partial charge in [0, 0.05) is 32.7 Å². The van der Waals surface area contributed by atoms with Gasteiger partial charge in [-0.3, -0.25) is 4.90 Å². The quantitative estimate of drug-likeness (QED) is 0.685. The van der Waals surface area contributed by atoms with Crippen LogP contribution in [0.1, 0.15) is 0 Å². The second kappa shape index (κ2) is 5.48. The summed E-state index contributed by atoms with van der Waals surface area (Å²) in [6.45, 7) is 5.06. The Labute approximate surface area is 97.2 Å². The highest BCUT2D eigenvalue weighted by Crippen LogP contribution is 2.05. The molecule has 0 aromatic rings. The lowest BCUT2D eigenvalue weighted by Gasteiger charge is -2.35. The summed E-state index contributed by atoms with van der Waals surface area (Å²) in [5.74, 6) is 0. The number of dihydropyridines is 1. The van der Waals surface area contributed by atoms with Crippen molar-refractivity contribution in [1.82, 2.24) is 15.1 Å². The Hall–Kier alpha value is -0.840. The Morgan fingerprint density at radius 2 is 2.06 bits per heavy atom. The average Bonchev–Trinajstić information content (AvgIpc) is 2.33. The maximum Gasteiger partial charge on any atom is 0.0903 e. The van der Waals surface area contributed by atoms with E-state index in [-0.39, 0.29) is 12.1 Å². The van der Waals surface area contributed by atoms with E-state index in [1.54, 1.807) is 0 Å². The zero-order valence-corrected chi connectivity index (χ0v) is 9.84. The number of nitrogens with one attached hydrogen (secondary N) is 1.